The molecule has 0 fully saturated rings. The van der Waals surface area contributed by atoms with E-state index in [0.29, 0.717) is 23.1 Å². The first-order valence-electron chi connectivity index (χ1n) is 7.20. The number of benzene rings is 2. The maximum atomic E-state index is 13.2. The van der Waals surface area contributed by atoms with Gasteiger partial charge in [0.2, 0.25) is 0 Å². The van der Waals surface area contributed by atoms with Crippen molar-refractivity contribution in [3.05, 3.63) is 77.2 Å². The molecule has 0 aliphatic heterocycles. The second-order valence-corrected chi connectivity index (χ2v) is 5.55. The highest BCUT2D eigenvalue weighted by Gasteiger charge is 2.06. The van der Waals surface area contributed by atoms with Gasteiger partial charge in [0.25, 0.3) is 0 Å². The zero-order valence-electron chi connectivity index (χ0n) is 12.5. The Balaban J connectivity index is 1.59. The largest absolute Gasteiger partial charge is 0.324 e. The van der Waals surface area contributed by atoms with Crippen molar-refractivity contribution in [1.82, 2.24) is 9.78 Å². The van der Waals surface area contributed by atoms with Crippen LogP contribution in [0, 0.1) is 5.82 Å². The van der Waals surface area contributed by atoms with Gasteiger partial charge in [0.05, 0.1) is 6.54 Å². The van der Waals surface area contributed by atoms with Crippen molar-refractivity contribution in [3.63, 3.8) is 0 Å². The van der Waals surface area contributed by atoms with Crippen LogP contribution in [0.3, 0.4) is 0 Å². The minimum absolute atomic E-state index is 0.291. The lowest BCUT2D eigenvalue weighted by Gasteiger charge is -2.06. The number of amides is 2. The smallest absolute Gasteiger partial charge is 0.308 e. The first-order chi connectivity index (χ1) is 11.6. The molecule has 2 amide bonds. The molecule has 0 saturated heterocycles. The van der Waals surface area contributed by atoms with Crippen LogP contribution in [0.1, 0.15) is 5.56 Å². The Morgan fingerprint density at radius 2 is 1.92 bits per heavy atom. The van der Waals surface area contributed by atoms with Crippen LogP contribution in [-0.2, 0) is 6.54 Å². The van der Waals surface area contributed by atoms with Gasteiger partial charge in [-0.05, 0) is 42.0 Å². The number of hydrogen-bond acceptors (Lipinski definition) is 2. The van der Waals surface area contributed by atoms with Crippen molar-refractivity contribution in [3.8, 4) is 0 Å². The monoisotopic (exact) mass is 344 g/mol. The van der Waals surface area contributed by atoms with E-state index in [0.717, 1.165) is 5.56 Å². The molecule has 3 aromatic rings. The lowest BCUT2D eigenvalue weighted by Crippen LogP contribution is -2.19. The summed E-state index contributed by atoms with van der Waals surface area (Å²) < 4.78 is 14.8. The fourth-order valence-corrected chi connectivity index (χ4v) is 2.28. The highest BCUT2D eigenvalue weighted by atomic mass is 35.5. The lowest BCUT2D eigenvalue weighted by molar-refractivity contribution is 0.262. The van der Waals surface area contributed by atoms with E-state index in [9.17, 15) is 9.18 Å². The van der Waals surface area contributed by atoms with Gasteiger partial charge >= 0.3 is 6.03 Å². The van der Waals surface area contributed by atoms with Gasteiger partial charge in [0, 0.05) is 23.0 Å². The van der Waals surface area contributed by atoms with E-state index < -0.39 is 6.03 Å². The third kappa shape index (κ3) is 4.33. The molecule has 2 aromatic carbocycles. The van der Waals surface area contributed by atoms with Gasteiger partial charge in [-0.2, -0.15) is 5.10 Å². The van der Waals surface area contributed by atoms with Crippen LogP contribution in [-0.4, -0.2) is 15.8 Å². The second kappa shape index (κ2) is 7.14. The average Bonchev–Trinajstić information content (AvgIpc) is 2.96. The van der Waals surface area contributed by atoms with Crippen LogP contribution in [0.5, 0.6) is 0 Å². The molecule has 0 aliphatic rings. The molecule has 1 aromatic heterocycles. The summed E-state index contributed by atoms with van der Waals surface area (Å²) in [6.45, 7) is 0.415. The van der Waals surface area contributed by atoms with Crippen molar-refractivity contribution >= 4 is 29.1 Å². The number of anilines is 2. The van der Waals surface area contributed by atoms with Gasteiger partial charge < -0.3 is 5.32 Å². The Bertz CT molecular complexity index is 848. The fourth-order valence-electron chi connectivity index (χ4n) is 2.15. The van der Waals surface area contributed by atoms with E-state index in [-0.39, 0.29) is 5.82 Å². The quantitative estimate of drug-likeness (QED) is 0.738. The number of nitrogens with zero attached hydrogens (tertiary/aromatic N) is 2. The van der Waals surface area contributed by atoms with E-state index in [1.807, 2.05) is 6.07 Å². The van der Waals surface area contributed by atoms with E-state index in [4.69, 9.17) is 11.6 Å². The van der Waals surface area contributed by atoms with Crippen LogP contribution in [0.15, 0.2) is 60.8 Å². The van der Waals surface area contributed by atoms with Crippen LogP contribution in [0.2, 0.25) is 5.02 Å². The highest BCUT2D eigenvalue weighted by Crippen LogP contribution is 2.14. The fraction of sp³-hybridized carbons (Fsp3) is 0.0588. The molecule has 122 valence electrons. The topological polar surface area (TPSA) is 59.0 Å². The first kappa shape index (κ1) is 16.0. The molecular weight excluding hydrogens is 331 g/mol. The molecule has 0 radical (unpaired) electrons. The van der Waals surface area contributed by atoms with E-state index >= 15 is 0 Å². The van der Waals surface area contributed by atoms with Gasteiger partial charge in [-0.1, -0.05) is 23.7 Å². The molecule has 24 heavy (non-hydrogen) atoms. The Morgan fingerprint density at radius 1 is 1.12 bits per heavy atom. The van der Waals surface area contributed by atoms with E-state index in [2.05, 4.69) is 15.7 Å². The summed E-state index contributed by atoms with van der Waals surface area (Å²) in [4.78, 5) is 11.9. The highest BCUT2D eigenvalue weighted by molar-refractivity contribution is 6.30. The molecule has 1 heterocycles. The van der Waals surface area contributed by atoms with Crippen LogP contribution < -0.4 is 10.6 Å². The second-order valence-electron chi connectivity index (χ2n) is 5.11. The molecule has 0 bridgehead atoms. The number of hydrogen-bond donors (Lipinski definition) is 2. The standard InChI is InChI=1S/C17H14ClFN4O/c18-13-4-6-15(7-5-13)20-17(24)21-16-8-9-23(22-16)11-12-2-1-3-14(19)10-12/h1-10H,11H2,(H2,20,21,22,24). The van der Waals surface area contributed by atoms with Crippen molar-refractivity contribution < 1.29 is 9.18 Å². The van der Waals surface area contributed by atoms with Gasteiger partial charge in [0.1, 0.15) is 5.82 Å². The lowest BCUT2D eigenvalue weighted by atomic mass is 10.2. The first-order valence-corrected chi connectivity index (χ1v) is 7.58. The summed E-state index contributed by atoms with van der Waals surface area (Å²) in [6, 6.07) is 14.3. The number of aromatic nitrogens is 2. The van der Waals surface area contributed by atoms with Gasteiger partial charge in [-0.25, -0.2) is 9.18 Å². The summed E-state index contributed by atoms with van der Waals surface area (Å²) in [5.74, 6) is 0.109. The molecule has 0 saturated carbocycles. The van der Waals surface area contributed by atoms with Crippen LogP contribution >= 0.6 is 11.6 Å². The minimum atomic E-state index is -0.409. The van der Waals surface area contributed by atoms with Crippen LogP contribution in [0.25, 0.3) is 0 Å². The number of halogens is 2. The summed E-state index contributed by atoms with van der Waals surface area (Å²) in [5.41, 5.74) is 1.41. The Morgan fingerprint density at radius 3 is 2.67 bits per heavy atom. The maximum Gasteiger partial charge on any atom is 0.324 e. The van der Waals surface area contributed by atoms with Crippen molar-refractivity contribution in [2.24, 2.45) is 0 Å². The third-order valence-corrected chi connectivity index (χ3v) is 3.47. The molecule has 0 spiro atoms. The molecule has 2 N–H and O–H groups in total. The summed E-state index contributed by atoms with van der Waals surface area (Å²) >= 11 is 5.79. The predicted molar refractivity (Wildman–Crippen MR) is 91.8 cm³/mol. The van der Waals surface area contributed by atoms with Gasteiger partial charge in [-0.15, -0.1) is 0 Å². The number of carbonyl (C=O) groups excluding carboxylic acids is 1. The molecule has 0 aliphatic carbocycles. The van der Waals surface area contributed by atoms with Crippen molar-refractivity contribution in [2.75, 3.05) is 10.6 Å². The number of nitrogens with one attached hydrogen (secondary N) is 2. The average molecular weight is 345 g/mol. The molecule has 0 unspecified atom stereocenters. The number of rotatable bonds is 4. The molecule has 7 heteroatoms. The SMILES string of the molecule is O=C(Nc1ccc(Cl)cc1)Nc1ccn(Cc2cccc(F)c2)n1. The Kier molecular flexibility index (Phi) is 4.77. The van der Waals surface area contributed by atoms with Gasteiger partial charge in [-0.3, -0.25) is 10.00 Å². The third-order valence-electron chi connectivity index (χ3n) is 3.22. The zero-order valence-corrected chi connectivity index (χ0v) is 13.3. The molecule has 3 rings (SSSR count). The minimum Gasteiger partial charge on any atom is -0.308 e. The van der Waals surface area contributed by atoms with Crippen molar-refractivity contribution in [2.45, 2.75) is 6.54 Å². The van der Waals surface area contributed by atoms with E-state index in [1.165, 1.54) is 12.1 Å². The molecule has 0 atom stereocenters. The Labute approximate surface area is 143 Å². The summed E-state index contributed by atoms with van der Waals surface area (Å²) in [6.07, 6.45) is 1.71. The van der Waals surface area contributed by atoms with Crippen molar-refractivity contribution in [1.29, 1.82) is 0 Å². The normalized spacial score (nSPS) is 10.4. The predicted octanol–water partition coefficient (Wildman–Crippen LogP) is 4.37. The Hall–Kier alpha value is -2.86. The van der Waals surface area contributed by atoms with Crippen LogP contribution in [0.4, 0.5) is 20.7 Å². The number of carbonyl (C=O) groups is 1. The summed E-state index contributed by atoms with van der Waals surface area (Å²) in [5, 5.41) is 10.1. The zero-order chi connectivity index (χ0) is 16.9. The molecule has 5 nitrogen and oxygen atoms in total. The van der Waals surface area contributed by atoms with Gasteiger partial charge in [0.15, 0.2) is 5.82 Å². The number of urea groups is 1. The summed E-state index contributed by atoms with van der Waals surface area (Å²) in [7, 11) is 0. The maximum absolute atomic E-state index is 13.2. The van der Waals surface area contributed by atoms with E-state index in [1.54, 1.807) is 47.3 Å². The molecular formula is C17H14ClFN4O.